The molecule has 4 nitrogen and oxygen atoms in total. The Balaban J connectivity index is 2.05. The van der Waals surface area contributed by atoms with Gasteiger partial charge in [-0.25, -0.2) is 4.39 Å². The van der Waals surface area contributed by atoms with Crippen LogP contribution in [0.15, 0.2) is 48.5 Å². The van der Waals surface area contributed by atoms with Crippen LogP contribution in [0.2, 0.25) is 0 Å². The van der Waals surface area contributed by atoms with Gasteiger partial charge in [-0.05, 0) is 49.1 Å². The molecule has 0 heterocycles. The van der Waals surface area contributed by atoms with Crippen LogP contribution in [0.1, 0.15) is 37.0 Å². The largest absolute Gasteiger partial charge is 0.354 e. The molecule has 0 aliphatic rings. The first-order chi connectivity index (χ1) is 13.9. The quantitative estimate of drug-likeness (QED) is 0.628. The van der Waals surface area contributed by atoms with Gasteiger partial charge in [0.25, 0.3) is 0 Å². The van der Waals surface area contributed by atoms with Gasteiger partial charge in [-0.15, -0.1) is 11.8 Å². The molecule has 0 radical (unpaired) electrons. The fourth-order valence-corrected chi connectivity index (χ4v) is 3.74. The number of hydrogen-bond donors (Lipinski definition) is 1. The molecule has 29 heavy (non-hydrogen) atoms. The Labute approximate surface area is 176 Å². The van der Waals surface area contributed by atoms with Crippen molar-refractivity contribution in [2.75, 3.05) is 12.3 Å². The zero-order valence-corrected chi connectivity index (χ0v) is 18.1. The molecule has 0 spiro atoms. The standard InChI is InChI=1S/C23H29FN2O2S/c1-4-13-25-23(28)18(3)26(14-20-8-6-5-7-17(20)2)22(27)16-29-15-19-9-11-21(24)12-10-19/h5-12,18H,4,13-16H2,1-3H3,(H,25,28)/t18-/m0/s1. The maximum absolute atomic E-state index is 13.0. The van der Waals surface area contributed by atoms with Gasteiger partial charge in [-0.3, -0.25) is 9.59 Å². The summed E-state index contributed by atoms with van der Waals surface area (Å²) < 4.78 is 13.0. The highest BCUT2D eigenvalue weighted by atomic mass is 32.2. The predicted molar refractivity (Wildman–Crippen MR) is 117 cm³/mol. The molecule has 0 aliphatic carbocycles. The average molecular weight is 417 g/mol. The first-order valence-corrected chi connectivity index (χ1v) is 11.0. The van der Waals surface area contributed by atoms with Crippen LogP contribution in [0.25, 0.3) is 0 Å². The predicted octanol–water partition coefficient (Wildman–Crippen LogP) is 4.31. The smallest absolute Gasteiger partial charge is 0.242 e. The van der Waals surface area contributed by atoms with Crippen LogP contribution in [0.4, 0.5) is 4.39 Å². The molecule has 0 unspecified atom stereocenters. The second-order valence-corrected chi connectivity index (χ2v) is 8.02. The third-order valence-corrected chi connectivity index (χ3v) is 5.71. The third-order valence-electron chi connectivity index (χ3n) is 4.73. The second kappa shape index (κ2) is 11.6. The minimum atomic E-state index is -0.555. The number of rotatable bonds is 10. The number of halogens is 1. The van der Waals surface area contributed by atoms with Gasteiger partial charge in [0, 0.05) is 18.8 Å². The first kappa shape index (κ1) is 22.9. The Morgan fingerprint density at radius 2 is 1.83 bits per heavy atom. The lowest BCUT2D eigenvalue weighted by Gasteiger charge is -2.29. The van der Waals surface area contributed by atoms with Crippen molar-refractivity contribution in [2.24, 2.45) is 0 Å². The molecule has 0 saturated carbocycles. The lowest BCUT2D eigenvalue weighted by Crippen LogP contribution is -2.48. The zero-order chi connectivity index (χ0) is 21.2. The van der Waals surface area contributed by atoms with E-state index in [0.717, 1.165) is 23.1 Å². The Hall–Kier alpha value is -2.34. The van der Waals surface area contributed by atoms with Crippen LogP contribution < -0.4 is 5.32 Å². The lowest BCUT2D eigenvalue weighted by molar-refractivity contribution is -0.138. The molecule has 2 rings (SSSR count). The second-order valence-electron chi connectivity index (χ2n) is 7.03. The monoisotopic (exact) mass is 416 g/mol. The van der Waals surface area contributed by atoms with Crippen molar-refractivity contribution in [1.82, 2.24) is 10.2 Å². The van der Waals surface area contributed by atoms with Crippen LogP contribution in [0, 0.1) is 12.7 Å². The molecule has 0 bridgehead atoms. The van der Waals surface area contributed by atoms with Gasteiger partial charge in [-0.2, -0.15) is 0 Å². The van der Waals surface area contributed by atoms with E-state index in [2.05, 4.69) is 5.32 Å². The van der Waals surface area contributed by atoms with Crippen molar-refractivity contribution < 1.29 is 14.0 Å². The van der Waals surface area contributed by atoms with Gasteiger partial charge in [0.2, 0.25) is 11.8 Å². The number of thioether (sulfide) groups is 1. The van der Waals surface area contributed by atoms with E-state index in [1.165, 1.54) is 23.9 Å². The average Bonchev–Trinajstić information content (AvgIpc) is 2.72. The van der Waals surface area contributed by atoms with Gasteiger partial charge in [0.15, 0.2) is 0 Å². The summed E-state index contributed by atoms with van der Waals surface area (Å²) in [6, 6.07) is 13.6. The number of aryl methyl sites for hydroxylation is 1. The van der Waals surface area contributed by atoms with Crippen LogP contribution in [-0.4, -0.2) is 35.1 Å². The third kappa shape index (κ3) is 7.20. The summed E-state index contributed by atoms with van der Waals surface area (Å²) in [6.07, 6.45) is 0.845. The van der Waals surface area contributed by atoms with Crippen LogP contribution >= 0.6 is 11.8 Å². The normalized spacial score (nSPS) is 11.7. The number of amides is 2. The Kier molecular flexibility index (Phi) is 9.19. The van der Waals surface area contributed by atoms with Crippen LogP contribution in [0.3, 0.4) is 0 Å². The molecule has 0 saturated heterocycles. The minimum Gasteiger partial charge on any atom is -0.354 e. The molecule has 0 aromatic heterocycles. The number of benzene rings is 2. The highest BCUT2D eigenvalue weighted by molar-refractivity contribution is 7.99. The minimum absolute atomic E-state index is 0.0838. The van der Waals surface area contributed by atoms with Crippen molar-refractivity contribution in [3.05, 3.63) is 71.0 Å². The van der Waals surface area contributed by atoms with Gasteiger partial charge >= 0.3 is 0 Å². The van der Waals surface area contributed by atoms with Crippen LogP contribution in [-0.2, 0) is 21.9 Å². The SMILES string of the molecule is CCCNC(=O)[C@H](C)N(Cc1ccccc1C)C(=O)CSCc1ccc(F)cc1. The van der Waals surface area contributed by atoms with Crippen molar-refractivity contribution in [2.45, 2.75) is 45.5 Å². The highest BCUT2D eigenvalue weighted by Gasteiger charge is 2.26. The highest BCUT2D eigenvalue weighted by Crippen LogP contribution is 2.17. The van der Waals surface area contributed by atoms with Crippen molar-refractivity contribution >= 4 is 23.6 Å². The van der Waals surface area contributed by atoms with E-state index in [4.69, 9.17) is 0 Å². The van der Waals surface area contributed by atoms with E-state index in [1.807, 2.05) is 38.1 Å². The van der Waals surface area contributed by atoms with E-state index in [0.29, 0.717) is 18.8 Å². The number of hydrogen-bond acceptors (Lipinski definition) is 3. The van der Waals surface area contributed by atoms with E-state index >= 15 is 0 Å². The summed E-state index contributed by atoms with van der Waals surface area (Å²) in [6.45, 7) is 6.75. The van der Waals surface area contributed by atoms with Crippen molar-refractivity contribution in [3.8, 4) is 0 Å². The Bertz CT molecular complexity index is 811. The number of nitrogens with zero attached hydrogens (tertiary/aromatic N) is 1. The fourth-order valence-electron chi connectivity index (χ4n) is 2.87. The Morgan fingerprint density at radius 1 is 1.14 bits per heavy atom. The summed E-state index contributed by atoms with van der Waals surface area (Å²) in [5.74, 6) is 0.373. The summed E-state index contributed by atoms with van der Waals surface area (Å²) in [5, 5.41) is 2.88. The first-order valence-electron chi connectivity index (χ1n) is 9.86. The van der Waals surface area contributed by atoms with Crippen molar-refractivity contribution in [1.29, 1.82) is 0 Å². The molecule has 1 atom stereocenters. The molecule has 156 valence electrons. The molecular weight excluding hydrogens is 387 g/mol. The maximum Gasteiger partial charge on any atom is 0.242 e. The number of carbonyl (C=O) groups excluding carboxylic acids is 2. The number of nitrogens with one attached hydrogen (secondary N) is 1. The van der Waals surface area contributed by atoms with Crippen molar-refractivity contribution in [3.63, 3.8) is 0 Å². The topological polar surface area (TPSA) is 49.4 Å². The van der Waals surface area contributed by atoms with Gasteiger partial charge in [0.1, 0.15) is 11.9 Å². The molecule has 2 amide bonds. The Morgan fingerprint density at radius 3 is 2.48 bits per heavy atom. The molecule has 1 N–H and O–H groups in total. The summed E-state index contributed by atoms with van der Waals surface area (Å²) >= 11 is 1.47. The summed E-state index contributed by atoms with van der Waals surface area (Å²) in [4.78, 5) is 27.1. The molecule has 0 aliphatic heterocycles. The van der Waals surface area contributed by atoms with Gasteiger partial charge < -0.3 is 10.2 Å². The lowest BCUT2D eigenvalue weighted by atomic mass is 10.1. The fraction of sp³-hybridized carbons (Fsp3) is 0.391. The van der Waals surface area contributed by atoms with E-state index in [-0.39, 0.29) is 23.4 Å². The molecular formula is C23H29FN2O2S. The maximum atomic E-state index is 13.0. The number of carbonyl (C=O) groups is 2. The summed E-state index contributed by atoms with van der Waals surface area (Å²) in [5.41, 5.74) is 3.08. The van der Waals surface area contributed by atoms with E-state index in [9.17, 15) is 14.0 Å². The molecule has 2 aromatic rings. The zero-order valence-electron chi connectivity index (χ0n) is 17.3. The van der Waals surface area contributed by atoms with Crippen LogP contribution in [0.5, 0.6) is 0 Å². The van der Waals surface area contributed by atoms with E-state index in [1.54, 1.807) is 24.0 Å². The molecule has 0 fully saturated rings. The van der Waals surface area contributed by atoms with Gasteiger partial charge in [-0.1, -0.05) is 43.3 Å². The summed E-state index contributed by atoms with van der Waals surface area (Å²) in [7, 11) is 0. The van der Waals surface area contributed by atoms with Gasteiger partial charge in [0.05, 0.1) is 5.75 Å². The molecule has 2 aromatic carbocycles. The van der Waals surface area contributed by atoms with E-state index < -0.39 is 6.04 Å². The molecule has 6 heteroatoms.